The topological polar surface area (TPSA) is 119 Å². The molecular weight excluding hydrogens is 352 g/mol. The van der Waals surface area contributed by atoms with E-state index in [9.17, 15) is 0 Å². The third-order valence-electron chi connectivity index (χ3n) is 4.56. The van der Waals surface area contributed by atoms with Gasteiger partial charge in [0.05, 0.1) is 11.2 Å². The van der Waals surface area contributed by atoms with Gasteiger partial charge < -0.3 is 16.4 Å². The summed E-state index contributed by atoms with van der Waals surface area (Å²) in [6.07, 6.45) is 7.53. The van der Waals surface area contributed by atoms with Crippen molar-refractivity contribution in [2.24, 2.45) is 15.7 Å². The lowest BCUT2D eigenvalue weighted by Gasteiger charge is -2.31. The standard InChI is InChI=1S/C20H16N8/c21-19-23-11-15-13(24-19)7-4-10-28(15)16-9-8-14-18(26-16)17(27-20(22)25-14)12-5-2-1-3-6-12/h1-11,15H,(H2,21,24)(H2,22,25,27). The zero-order valence-corrected chi connectivity index (χ0v) is 14.8. The summed E-state index contributed by atoms with van der Waals surface area (Å²) in [6.45, 7) is 0. The lowest BCUT2D eigenvalue weighted by atomic mass is 10.1. The Kier molecular flexibility index (Phi) is 3.61. The average Bonchev–Trinajstić information content (AvgIpc) is 2.73. The van der Waals surface area contributed by atoms with Crippen LogP contribution in [0.25, 0.3) is 22.3 Å². The first kappa shape index (κ1) is 16.1. The molecule has 2 aliphatic heterocycles. The molecule has 1 atom stereocenters. The molecule has 0 spiro atoms. The molecule has 3 aromatic rings. The molecule has 4 N–H and O–H groups in total. The Balaban J connectivity index is 1.65. The maximum absolute atomic E-state index is 5.92. The number of benzene rings is 1. The second kappa shape index (κ2) is 6.27. The fraction of sp³-hybridized carbons (Fsp3) is 0.0500. The van der Waals surface area contributed by atoms with Crippen LogP contribution in [0.15, 0.2) is 76.5 Å². The van der Waals surface area contributed by atoms with Gasteiger partial charge >= 0.3 is 0 Å². The van der Waals surface area contributed by atoms with Gasteiger partial charge in [-0.25, -0.2) is 24.9 Å². The van der Waals surface area contributed by atoms with E-state index in [-0.39, 0.29) is 17.9 Å². The molecule has 136 valence electrons. The molecular formula is C20H16N8. The molecule has 28 heavy (non-hydrogen) atoms. The van der Waals surface area contributed by atoms with E-state index in [2.05, 4.69) is 20.0 Å². The summed E-state index contributed by atoms with van der Waals surface area (Å²) in [7, 11) is 0. The highest BCUT2D eigenvalue weighted by Gasteiger charge is 2.26. The molecule has 0 radical (unpaired) electrons. The van der Waals surface area contributed by atoms with Gasteiger partial charge in [-0.15, -0.1) is 0 Å². The van der Waals surface area contributed by atoms with E-state index in [1.54, 1.807) is 6.21 Å². The smallest absolute Gasteiger partial charge is 0.221 e. The van der Waals surface area contributed by atoms with Crippen LogP contribution >= 0.6 is 0 Å². The van der Waals surface area contributed by atoms with Crippen LogP contribution in [0.1, 0.15) is 0 Å². The van der Waals surface area contributed by atoms with Crippen LogP contribution in [-0.2, 0) is 0 Å². The summed E-state index contributed by atoms with van der Waals surface area (Å²) < 4.78 is 0. The summed E-state index contributed by atoms with van der Waals surface area (Å²) in [5.41, 5.74) is 15.4. The molecule has 5 rings (SSSR count). The first-order valence-electron chi connectivity index (χ1n) is 8.74. The number of nitrogens with two attached hydrogens (primary N) is 2. The highest BCUT2D eigenvalue weighted by atomic mass is 15.2. The summed E-state index contributed by atoms with van der Waals surface area (Å²) in [5, 5.41) is 0. The molecule has 8 nitrogen and oxygen atoms in total. The van der Waals surface area contributed by atoms with Gasteiger partial charge in [0.25, 0.3) is 0 Å². The molecule has 8 heteroatoms. The van der Waals surface area contributed by atoms with Gasteiger partial charge in [0, 0.05) is 18.0 Å². The third-order valence-corrected chi connectivity index (χ3v) is 4.56. The van der Waals surface area contributed by atoms with Crippen LogP contribution < -0.4 is 16.4 Å². The van der Waals surface area contributed by atoms with E-state index in [0.29, 0.717) is 16.7 Å². The maximum atomic E-state index is 5.92. The summed E-state index contributed by atoms with van der Waals surface area (Å²) in [6, 6.07) is 13.4. The Hall–Kier alpha value is -4.07. The fourth-order valence-electron chi connectivity index (χ4n) is 3.31. The number of fused-ring (bicyclic) bond motifs is 2. The molecule has 0 bridgehead atoms. The minimum Gasteiger partial charge on any atom is -0.368 e. The van der Waals surface area contributed by atoms with Crippen molar-refractivity contribution in [3.63, 3.8) is 0 Å². The summed E-state index contributed by atoms with van der Waals surface area (Å²) in [5.74, 6) is 1.19. The number of aliphatic imine (C=N–C) groups is 2. The van der Waals surface area contributed by atoms with Crippen molar-refractivity contribution >= 4 is 35.0 Å². The second-order valence-corrected chi connectivity index (χ2v) is 6.37. The van der Waals surface area contributed by atoms with Gasteiger partial charge in [-0.3, -0.25) is 0 Å². The molecule has 2 aliphatic rings. The average molecular weight is 368 g/mol. The van der Waals surface area contributed by atoms with Crippen molar-refractivity contribution in [2.75, 3.05) is 10.6 Å². The van der Waals surface area contributed by atoms with Crippen LogP contribution in [0.2, 0.25) is 0 Å². The number of hydrogen-bond donors (Lipinski definition) is 2. The van der Waals surface area contributed by atoms with Gasteiger partial charge in [0.2, 0.25) is 11.9 Å². The summed E-state index contributed by atoms with van der Waals surface area (Å²) >= 11 is 0. The number of nitrogen functional groups attached to an aromatic ring is 1. The highest BCUT2D eigenvalue weighted by Crippen LogP contribution is 2.30. The van der Waals surface area contributed by atoms with Crippen molar-refractivity contribution < 1.29 is 0 Å². The van der Waals surface area contributed by atoms with E-state index in [1.165, 1.54) is 0 Å². The Labute approximate surface area is 160 Å². The number of hydrogen-bond acceptors (Lipinski definition) is 8. The van der Waals surface area contributed by atoms with Crippen LogP contribution in [-0.4, -0.2) is 33.2 Å². The predicted octanol–water partition coefficient (Wildman–Crippen LogP) is 2.26. The Bertz CT molecular complexity index is 1190. The first-order valence-corrected chi connectivity index (χ1v) is 8.74. The largest absolute Gasteiger partial charge is 0.368 e. The number of guanidine groups is 1. The Morgan fingerprint density at radius 1 is 0.929 bits per heavy atom. The number of aromatic nitrogens is 3. The van der Waals surface area contributed by atoms with E-state index >= 15 is 0 Å². The number of rotatable bonds is 2. The minimum atomic E-state index is -0.169. The van der Waals surface area contributed by atoms with Gasteiger partial charge in [0.15, 0.2) is 0 Å². The van der Waals surface area contributed by atoms with Crippen molar-refractivity contribution in [3.8, 4) is 11.3 Å². The van der Waals surface area contributed by atoms with Crippen molar-refractivity contribution in [2.45, 2.75) is 6.04 Å². The maximum Gasteiger partial charge on any atom is 0.221 e. The van der Waals surface area contributed by atoms with Crippen LogP contribution in [0, 0.1) is 0 Å². The zero-order valence-electron chi connectivity index (χ0n) is 14.8. The van der Waals surface area contributed by atoms with Gasteiger partial charge in [-0.1, -0.05) is 30.3 Å². The van der Waals surface area contributed by atoms with E-state index in [4.69, 9.17) is 16.5 Å². The van der Waals surface area contributed by atoms with Crippen molar-refractivity contribution in [1.82, 2.24) is 15.0 Å². The van der Waals surface area contributed by atoms with Gasteiger partial charge in [0.1, 0.15) is 23.1 Å². The van der Waals surface area contributed by atoms with E-state index in [0.717, 1.165) is 17.1 Å². The number of anilines is 2. The predicted molar refractivity (Wildman–Crippen MR) is 111 cm³/mol. The molecule has 0 fully saturated rings. The minimum absolute atomic E-state index is 0.169. The molecule has 0 amide bonds. The SMILES string of the molecule is NC1=NC2=CC=CN(c3ccc4nc(N)nc(-c5ccccc5)c4n3)C2C=N1. The lowest BCUT2D eigenvalue weighted by Crippen LogP contribution is -2.38. The first-order chi connectivity index (χ1) is 13.7. The molecule has 1 aromatic carbocycles. The summed E-state index contributed by atoms with van der Waals surface area (Å²) in [4.78, 5) is 24.1. The molecule has 0 saturated heterocycles. The lowest BCUT2D eigenvalue weighted by molar-refractivity contribution is 0.878. The van der Waals surface area contributed by atoms with Crippen molar-refractivity contribution in [1.29, 1.82) is 0 Å². The number of allylic oxidation sites excluding steroid dienone is 2. The highest BCUT2D eigenvalue weighted by molar-refractivity contribution is 5.95. The van der Waals surface area contributed by atoms with Gasteiger partial charge in [-0.05, 0) is 24.3 Å². The molecule has 2 aromatic heterocycles. The monoisotopic (exact) mass is 368 g/mol. The van der Waals surface area contributed by atoms with Crippen LogP contribution in [0.3, 0.4) is 0 Å². The van der Waals surface area contributed by atoms with E-state index in [1.807, 2.05) is 65.7 Å². The second-order valence-electron chi connectivity index (χ2n) is 6.37. The Morgan fingerprint density at radius 2 is 1.79 bits per heavy atom. The zero-order chi connectivity index (χ0) is 19.1. The molecule has 1 unspecified atom stereocenters. The van der Waals surface area contributed by atoms with Gasteiger partial charge in [-0.2, -0.15) is 0 Å². The van der Waals surface area contributed by atoms with Crippen molar-refractivity contribution in [3.05, 3.63) is 66.5 Å². The molecule has 0 aliphatic carbocycles. The van der Waals surface area contributed by atoms with Crippen LogP contribution in [0.4, 0.5) is 11.8 Å². The molecule has 0 saturated carbocycles. The normalized spacial score (nSPS) is 18.0. The fourth-order valence-corrected chi connectivity index (χ4v) is 3.31. The Morgan fingerprint density at radius 3 is 2.64 bits per heavy atom. The number of pyridine rings is 1. The van der Waals surface area contributed by atoms with Crippen LogP contribution in [0.5, 0.6) is 0 Å². The quantitative estimate of drug-likeness (QED) is 0.716. The van der Waals surface area contributed by atoms with E-state index < -0.39 is 0 Å². The third kappa shape index (κ3) is 2.67. The number of nitrogens with zero attached hydrogens (tertiary/aromatic N) is 6. The molecule has 4 heterocycles.